The van der Waals surface area contributed by atoms with Crippen LogP contribution in [0, 0.1) is 5.41 Å². The lowest BCUT2D eigenvalue weighted by molar-refractivity contribution is 0.0969. The molecule has 15 heteroatoms. The largest absolute Gasteiger partial charge is 0.494 e. The van der Waals surface area contributed by atoms with Crippen molar-refractivity contribution < 1.29 is 9.53 Å². The number of tetrazole rings is 1. The van der Waals surface area contributed by atoms with E-state index < -0.39 is 5.91 Å². The van der Waals surface area contributed by atoms with E-state index in [2.05, 4.69) is 35.9 Å². The molecular formula is C20H25Cl2N11O2. The Balaban J connectivity index is 1.33. The number of H-pyrrole nitrogens is 1. The van der Waals surface area contributed by atoms with Crippen molar-refractivity contribution in [2.75, 3.05) is 24.6 Å². The van der Waals surface area contributed by atoms with Crippen LogP contribution in [0.15, 0.2) is 24.3 Å². The second-order valence-corrected chi connectivity index (χ2v) is 8.19. The predicted molar refractivity (Wildman–Crippen MR) is 131 cm³/mol. The molecule has 7 N–H and O–H groups in total. The number of aromatic nitrogens is 6. The van der Waals surface area contributed by atoms with Crippen molar-refractivity contribution in [3.63, 3.8) is 0 Å². The summed E-state index contributed by atoms with van der Waals surface area (Å²) in [7, 11) is 0. The van der Waals surface area contributed by atoms with Gasteiger partial charge in [-0.3, -0.25) is 19.9 Å². The van der Waals surface area contributed by atoms with Gasteiger partial charge in [-0.1, -0.05) is 23.7 Å². The van der Waals surface area contributed by atoms with Gasteiger partial charge in [0.15, 0.2) is 22.5 Å². The van der Waals surface area contributed by atoms with E-state index in [4.69, 9.17) is 45.0 Å². The molecule has 2 aromatic heterocycles. The summed E-state index contributed by atoms with van der Waals surface area (Å²) in [4.78, 5) is 19.8. The highest BCUT2D eigenvalue weighted by atomic mass is 35.5. The molecule has 186 valence electrons. The number of guanidine groups is 1. The lowest BCUT2D eigenvalue weighted by Gasteiger charge is -2.17. The van der Waals surface area contributed by atoms with Crippen LogP contribution >= 0.6 is 23.4 Å². The maximum Gasteiger partial charge on any atom is 0.280 e. The molecule has 1 aromatic carbocycles. The van der Waals surface area contributed by atoms with Crippen LogP contribution in [0.5, 0.6) is 5.75 Å². The molecule has 0 spiro atoms. The van der Waals surface area contributed by atoms with Crippen molar-refractivity contribution in [3.8, 4) is 5.75 Å². The number of unbranched alkanes of at least 4 members (excludes halogenated alkanes) is 1. The number of hydrogen-bond acceptors (Lipinski definition) is 10. The molecule has 13 nitrogen and oxygen atoms in total. The van der Waals surface area contributed by atoms with Gasteiger partial charge in [0.05, 0.1) is 6.61 Å². The molecule has 3 rings (SSSR count). The smallest absolute Gasteiger partial charge is 0.280 e. The molecular weight excluding hydrogens is 497 g/mol. The number of ether oxygens (including phenoxy) is 1. The first kappa shape index (κ1) is 25.9. The molecule has 0 aliphatic heterocycles. The topological polar surface area (TPSA) is 198 Å². The number of halogens is 2. The van der Waals surface area contributed by atoms with Gasteiger partial charge in [0.25, 0.3) is 5.91 Å². The Bertz CT molecular complexity index is 1130. The van der Waals surface area contributed by atoms with Gasteiger partial charge in [0.1, 0.15) is 11.6 Å². The highest BCUT2D eigenvalue weighted by Gasteiger charge is 2.19. The minimum atomic E-state index is -0.759. The third-order valence-electron chi connectivity index (χ3n) is 4.80. The quantitative estimate of drug-likeness (QED) is 0.107. The number of aromatic amines is 1. The second-order valence-electron chi connectivity index (χ2n) is 7.42. The van der Waals surface area contributed by atoms with E-state index in [1.165, 1.54) is 0 Å². The summed E-state index contributed by atoms with van der Waals surface area (Å²) in [6.45, 7) is 0.921. The molecule has 3 aromatic rings. The summed E-state index contributed by atoms with van der Waals surface area (Å²) in [5.41, 5.74) is 12.1. The van der Waals surface area contributed by atoms with Gasteiger partial charge < -0.3 is 16.2 Å². The standard InChI is InChI=1S/C20H25Cl2N11O2/c21-16-18(24)27-17(23)15(26-16)19(34)28-20(25)33(22)10-2-1-4-12-6-8-13(9-7-12)35-11-3-5-14-29-31-32-30-14/h6-9H,1-5,10-11H2,(H4,23,24,27)(H2,25,28,34)(H,29,30,31,32). The van der Waals surface area contributed by atoms with Crippen molar-refractivity contribution in [3.05, 3.63) is 46.5 Å². The summed E-state index contributed by atoms with van der Waals surface area (Å²) in [6, 6.07) is 7.89. The number of hydrogen-bond donors (Lipinski definition) is 5. The lowest BCUT2D eigenvalue weighted by Crippen LogP contribution is -2.40. The monoisotopic (exact) mass is 521 g/mol. The number of amides is 1. The van der Waals surface area contributed by atoms with Crippen molar-refractivity contribution in [1.82, 2.24) is 40.3 Å². The van der Waals surface area contributed by atoms with E-state index in [1.807, 2.05) is 24.3 Å². The number of anilines is 2. The van der Waals surface area contributed by atoms with E-state index in [0.717, 1.165) is 47.2 Å². The zero-order valence-electron chi connectivity index (χ0n) is 18.7. The first-order valence-corrected chi connectivity index (χ1v) is 11.4. The summed E-state index contributed by atoms with van der Waals surface area (Å²) in [6.07, 6.45) is 3.90. The normalized spacial score (nSPS) is 10.7. The Morgan fingerprint density at radius 2 is 1.89 bits per heavy atom. The van der Waals surface area contributed by atoms with Crippen LogP contribution in [-0.2, 0) is 12.8 Å². The van der Waals surface area contributed by atoms with Crippen LogP contribution in [0.3, 0.4) is 0 Å². The first-order chi connectivity index (χ1) is 16.8. The molecule has 1 amide bonds. The summed E-state index contributed by atoms with van der Waals surface area (Å²) in [5, 5.41) is 23.7. The molecule has 0 aliphatic rings. The van der Waals surface area contributed by atoms with Crippen LogP contribution < -0.4 is 21.5 Å². The van der Waals surface area contributed by atoms with Crippen LogP contribution in [0.1, 0.15) is 41.1 Å². The van der Waals surface area contributed by atoms with Crippen LogP contribution in [0.2, 0.25) is 5.15 Å². The fraction of sp³-hybridized carbons (Fsp3) is 0.350. The molecule has 0 saturated heterocycles. The maximum absolute atomic E-state index is 12.3. The number of rotatable bonds is 11. The highest BCUT2D eigenvalue weighted by Crippen LogP contribution is 2.17. The number of carbonyl (C=O) groups is 1. The average molecular weight is 522 g/mol. The van der Waals surface area contributed by atoms with Gasteiger partial charge in [0, 0.05) is 24.7 Å². The zero-order valence-corrected chi connectivity index (χ0v) is 20.2. The Hall–Kier alpha value is -3.71. The Morgan fingerprint density at radius 1 is 1.11 bits per heavy atom. The molecule has 0 radical (unpaired) electrons. The summed E-state index contributed by atoms with van der Waals surface area (Å²) < 4.78 is 6.84. The number of aryl methyl sites for hydroxylation is 2. The average Bonchev–Trinajstić information content (AvgIpc) is 3.36. The zero-order chi connectivity index (χ0) is 25.2. The molecule has 2 heterocycles. The van der Waals surface area contributed by atoms with Crippen molar-refractivity contribution >= 4 is 46.9 Å². The maximum atomic E-state index is 12.3. The van der Waals surface area contributed by atoms with Gasteiger partial charge in [0.2, 0.25) is 5.96 Å². The van der Waals surface area contributed by atoms with E-state index in [0.29, 0.717) is 19.6 Å². The third-order valence-corrected chi connectivity index (χ3v) is 5.42. The minimum absolute atomic E-state index is 0.0889. The predicted octanol–water partition coefficient (Wildman–Crippen LogP) is 1.96. The van der Waals surface area contributed by atoms with Gasteiger partial charge in [-0.2, -0.15) is 0 Å². The third kappa shape index (κ3) is 7.93. The van der Waals surface area contributed by atoms with Crippen LogP contribution in [-0.4, -0.2) is 60.0 Å². The molecule has 0 unspecified atom stereocenters. The van der Waals surface area contributed by atoms with Crippen molar-refractivity contribution in [2.24, 2.45) is 0 Å². The summed E-state index contributed by atoms with van der Waals surface area (Å²) in [5.74, 6) is 0.181. The fourth-order valence-electron chi connectivity index (χ4n) is 2.99. The lowest BCUT2D eigenvalue weighted by atomic mass is 10.1. The Morgan fingerprint density at radius 3 is 2.60 bits per heavy atom. The fourth-order valence-corrected chi connectivity index (χ4v) is 3.28. The number of nitrogen functional groups attached to an aromatic ring is 2. The second kappa shape index (κ2) is 12.7. The molecule has 0 fully saturated rings. The van der Waals surface area contributed by atoms with Crippen molar-refractivity contribution in [2.45, 2.75) is 32.1 Å². The van der Waals surface area contributed by atoms with Gasteiger partial charge >= 0.3 is 0 Å². The molecule has 0 bridgehead atoms. The number of nitrogens with zero attached hydrogens (tertiary/aromatic N) is 6. The first-order valence-electron chi connectivity index (χ1n) is 10.7. The van der Waals surface area contributed by atoms with E-state index >= 15 is 0 Å². The number of nitrogens with one attached hydrogen (secondary N) is 3. The van der Waals surface area contributed by atoms with Gasteiger partial charge in [-0.25, -0.2) is 15.1 Å². The highest BCUT2D eigenvalue weighted by molar-refractivity contribution is 6.31. The van der Waals surface area contributed by atoms with E-state index in [1.54, 1.807) is 0 Å². The van der Waals surface area contributed by atoms with E-state index in [-0.39, 0.29) is 28.4 Å². The molecule has 35 heavy (non-hydrogen) atoms. The van der Waals surface area contributed by atoms with E-state index in [9.17, 15) is 4.79 Å². The Kier molecular flexibility index (Phi) is 9.38. The molecule has 0 saturated carbocycles. The van der Waals surface area contributed by atoms with Crippen molar-refractivity contribution in [1.29, 1.82) is 5.41 Å². The molecule has 0 aliphatic carbocycles. The van der Waals surface area contributed by atoms with Crippen LogP contribution in [0.4, 0.5) is 11.6 Å². The number of nitrogens with two attached hydrogens (primary N) is 2. The SMILES string of the molecule is N=C(NC(=O)c1nc(Cl)c(N)nc1N)N(Cl)CCCCc1ccc(OCCCc2nnn[nH]2)cc1. The van der Waals surface area contributed by atoms with Gasteiger partial charge in [-0.05, 0) is 53.8 Å². The number of carbonyl (C=O) groups excluding carboxylic acids is 1. The molecule has 0 atom stereocenters. The Labute approximate surface area is 211 Å². The van der Waals surface area contributed by atoms with Crippen LogP contribution in [0.25, 0.3) is 0 Å². The van der Waals surface area contributed by atoms with Gasteiger partial charge in [-0.15, -0.1) is 5.10 Å². The summed E-state index contributed by atoms with van der Waals surface area (Å²) >= 11 is 11.9. The number of benzene rings is 1. The minimum Gasteiger partial charge on any atom is -0.494 e.